The summed E-state index contributed by atoms with van der Waals surface area (Å²) in [7, 11) is 0. The van der Waals surface area contributed by atoms with Crippen LogP contribution in [0.5, 0.6) is 0 Å². The molecule has 0 aliphatic carbocycles. The van der Waals surface area contributed by atoms with Gasteiger partial charge in [-0.1, -0.05) is 0 Å². The minimum absolute atomic E-state index is 0.753. The van der Waals surface area contributed by atoms with Crippen molar-refractivity contribution in [1.82, 2.24) is 0 Å². The summed E-state index contributed by atoms with van der Waals surface area (Å²) in [6.07, 6.45) is -6.49. The highest BCUT2D eigenvalue weighted by Crippen LogP contribution is 2.23. The van der Waals surface area contributed by atoms with Crippen LogP contribution in [0.15, 0.2) is 0 Å². The molecule has 1 N–H and O–H groups in total. The molecule has 0 amide bonds. The fourth-order valence-corrected chi connectivity index (χ4v) is 0.551. The smallest absolute Gasteiger partial charge is 0.375 e. The van der Waals surface area contributed by atoms with E-state index in [1.54, 1.807) is 0 Å². The Labute approximate surface area is 72.5 Å². The molecule has 0 heterocycles. The van der Waals surface area contributed by atoms with Gasteiger partial charge in [-0.05, 0) is 13.8 Å². The zero-order valence-corrected chi connectivity index (χ0v) is 7.10. The van der Waals surface area contributed by atoms with Gasteiger partial charge in [-0.2, -0.15) is 13.2 Å². The maximum atomic E-state index is 11.7. The topological polar surface area (TPSA) is 54.4 Å². The molecule has 0 aliphatic heterocycles. The highest BCUT2D eigenvalue weighted by atomic mass is 19.4. The number of Topliss-reactive ketones (excluding diaryl/α,β-unsaturated/α-hetero) is 2. The van der Waals surface area contributed by atoms with Crippen LogP contribution in [0.3, 0.4) is 0 Å². The normalized spacial score (nSPS) is 16.5. The summed E-state index contributed by atoms with van der Waals surface area (Å²) in [5.41, 5.74) is -2.53. The van der Waals surface area contributed by atoms with Gasteiger partial charge in [-0.15, -0.1) is 0 Å². The van der Waals surface area contributed by atoms with Crippen molar-refractivity contribution in [2.75, 3.05) is 0 Å². The summed E-state index contributed by atoms with van der Waals surface area (Å²) in [6.45, 7) is 1.61. The van der Waals surface area contributed by atoms with Gasteiger partial charge in [0.2, 0.25) is 0 Å². The van der Waals surface area contributed by atoms with Crippen LogP contribution in [0.25, 0.3) is 0 Å². The van der Waals surface area contributed by atoms with Crippen LogP contribution in [0.4, 0.5) is 13.2 Å². The van der Waals surface area contributed by atoms with Crippen LogP contribution in [0.2, 0.25) is 0 Å². The van der Waals surface area contributed by atoms with Crippen LogP contribution < -0.4 is 0 Å². The van der Waals surface area contributed by atoms with Crippen molar-refractivity contribution in [1.29, 1.82) is 0 Å². The monoisotopic (exact) mass is 198 g/mol. The Morgan fingerprint density at radius 1 is 1.31 bits per heavy atom. The highest BCUT2D eigenvalue weighted by molar-refractivity contribution is 6.08. The average Bonchev–Trinajstić information content (AvgIpc) is 1.82. The second-order valence-electron chi connectivity index (χ2n) is 2.84. The first kappa shape index (κ1) is 12.1. The van der Waals surface area contributed by atoms with Crippen molar-refractivity contribution in [2.45, 2.75) is 32.0 Å². The van der Waals surface area contributed by atoms with Crippen LogP contribution in [-0.2, 0) is 9.59 Å². The highest BCUT2D eigenvalue weighted by Gasteiger charge is 2.42. The Morgan fingerprint density at radius 2 is 1.69 bits per heavy atom. The lowest BCUT2D eigenvalue weighted by Gasteiger charge is -2.18. The molecule has 3 nitrogen and oxygen atoms in total. The number of halogens is 3. The van der Waals surface area contributed by atoms with Crippen molar-refractivity contribution in [3.8, 4) is 0 Å². The van der Waals surface area contributed by atoms with E-state index in [1.807, 2.05) is 0 Å². The summed E-state index contributed by atoms with van der Waals surface area (Å²) in [6, 6.07) is 0. The number of aliphatic hydroxyl groups is 1. The number of carbonyl (C=O) groups is 2. The third-order valence-electron chi connectivity index (χ3n) is 1.59. The Morgan fingerprint density at radius 3 is 1.92 bits per heavy atom. The lowest BCUT2D eigenvalue weighted by molar-refractivity contribution is -0.166. The Hall–Kier alpha value is -0.910. The molecule has 1 atom stereocenters. The lowest BCUT2D eigenvalue weighted by atomic mass is 9.94. The van der Waals surface area contributed by atoms with E-state index >= 15 is 0 Å². The maximum Gasteiger partial charge on any atom is 0.396 e. The van der Waals surface area contributed by atoms with Gasteiger partial charge in [0.25, 0.3) is 0 Å². The van der Waals surface area contributed by atoms with Crippen molar-refractivity contribution in [3.63, 3.8) is 0 Å². The molecule has 0 rings (SSSR count). The van der Waals surface area contributed by atoms with Gasteiger partial charge in [0.1, 0.15) is 6.42 Å². The van der Waals surface area contributed by atoms with Gasteiger partial charge in [0.05, 0.1) is 0 Å². The molecular weight excluding hydrogens is 189 g/mol. The number of ketones is 2. The molecule has 0 aliphatic rings. The van der Waals surface area contributed by atoms with Crippen LogP contribution in [0, 0.1) is 0 Å². The fraction of sp³-hybridized carbons (Fsp3) is 0.714. The molecule has 0 spiro atoms. The zero-order valence-electron chi connectivity index (χ0n) is 7.10. The Kier molecular flexibility index (Phi) is 3.21. The first-order valence-corrected chi connectivity index (χ1v) is 3.41. The SMILES string of the molecule is CC(=O)[C@](C)(O)C(=O)CC(F)(F)F. The van der Waals surface area contributed by atoms with E-state index in [-0.39, 0.29) is 0 Å². The molecule has 0 bridgehead atoms. The molecule has 13 heavy (non-hydrogen) atoms. The largest absolute Gasteiger partial charge is 0.396 e. The van der Waals surface area contributed by atoms with Gasteiger partial charge < -0.3 is 5.11 Å². The average molecular weight is 198 g/mol. The van der Waals surface area contributed by atoms with E-state index in [2.05, 4.69) is 0 Å². The molecule has 0 unspecified atom stereocenters. The summed E-state index contributed by atoms with van der Waals surface area (Å²) in [5.74, 6) is -2.53. The summed E-state index contributed by atoms with van der Waals surface area (Å²) in [5, 5.41) is 9.02. The first-order valence-electron chi connectivity index (χ1n) is 3.41. The second kappa shape index (κ2) is 3.45. The third-order valence-corrected chi connectivity index (χ3v) is 1.59. The molecule has 0 radical (unpaired) electrons. The fourth-order valence-electron chi connectivity index (χ4n) is 0.551. The first-order chi connectivity index (χ1) is 5.57. The molecule has 0 aromatic heterocycles. The van der Waals surface area contributed by atoms with Crippen molar-refractivity contribution < 1.29 is 27.9 Å². The molecule has 0 aromatic carbocycles. The van der Waals surface area contributed by atoms with E-state index in [0.717, 1.165) is 13.8 Å². The maximum absolute atomic E-state index is 11.7. The molecule has 6 heteroatoms. The number of carbonyl (C=O) groups excluding carboxylic acids is 2. The van der Waals surface area contributed by atoms with Crippen molar-refractivity contribution >= 4 is 11.6 Å². The minimum Gasteiger partial charge on any atom is -0.375 e. The number of hydrogen-bond acceptors (Lipinski definition) is 3. The molecule has 0 saturated carbocycles. The Bertz CT molecular complexity index is 230. The van der Waals surface area contributed by atoms with E-state index in [1.165, 1.54) is 0 Å². The predicted molar refractivity (Wildman–Crippen MR) is 37.0 cm³/mol. The molecule has 0 saturated heterocycles. The molecule has 76 valence electrons. The van der Waals surface area contributed by atoms with Crippen LogP contribution >= 0.6 is 0 Å². The van der Waals surface area contributed by atoms with Gasteiger partial charge in [-0.3, -0.25) is 9.59 Å². The van der Waals surface area contributed by atoms with Gasteiger partial charge >= 0.3 is 6.18 Å². The molecular formula is C7H9F3O3. The van der Waals surface area contributed by atoms with Crippen molar-refractivity contribution in [2.24, 2.45) is 0 Å². The number of alkyl halides is 3. The van der Waals surface area contributed by atoms with E-state index in [4.69, 9.17) is 5.11 Å². The van der Waals surface area contributed by atoms with Crippen LogP contribution in [-0.4, -0.2) is 28.5 Å². The molecule has 0 aromatic rings. The standard InChI is InChI=1S/C7H9F3O3/c1-4(11)6(2,13)5(12)3-7(8,9)10/h13H,3H2,1-2H3/t6-/m0/s1. The zero-order chi connectivity index (χ0) is 10.9. The van der Waals surface area contributed by atoms with Crippen LogP contribution in [0.1, 0.15) is 20.3 Å². The van der Waals surface area contributed by atoms with Crippen molar-refractivity contribution in [3.05, 3.63) is 0 Å². The van der Waals surface area contributed by atoms with Gasteiger partial charge in [0, 0.05) is 0 Å². The molecule has 0 fully saturated rings. The Balaban J connectivity index is 4.53. The summed E-state index contributed by atoms with van der Waals surface area (Å²) in [4.78, 5) is 21.3. The van der Waals surface area contributed by atoms with Gasteiger partial charge in [0.15, 0.2) is 17.2 Å². The number of rotatable bonds is 3. The quantitative estimate of drug-likeness (QED) is 0.684. The van der Waals surface area contributed by atoms with E-state index in [9.17, 15) is 22.8 Å². The van der Waals surface area contributed by atoms with E-state index < -0.39 is 29.8 Å². The number of hydrogen-bond donors (Lipinski definition) is 1. The third kappa shape index (κ3) is 3.54. The lowest BCUT2D eigenvalue weighted by Crippen LogP contribution is -2.44. The summed E-state index contributed by atoms with van der Waals surface area (Å²) < 4.78 is 35.0. The predicted octanol–water partition coefficient (Wildman–Crippen LogP) is 0.848. The summed E-state index contributed by atoms with van der Waals surface area (Å²) >= 11 is 0. The van der Waals surface area contributed by atoms with Gasteiger partial charge in [-0.25, -0.2) is 0 Å². The van der Waals surface area contributed by atoms with E-state index in [0.29, 0.717) is 0 Å². The second-order valence-corrected chi connectivity index (χ2v) is 2.84. The minimum atomic E-state index is -4.70.